The van der Waals surface area contributed by atoms with Crippen LogP contribution >= 0.6 is 0 Å². The van der Waals surface area contributed by atoms with E-state index in [1.165, 1.54) is 0 Å². The molecular formula is C15H41O3Sn3. The molecule has 0 aliphatic carbocycles. The predicted molar refractivity (Wildman–Crippen MR) is 104 cm³/mol. The molecule has 0 saturated heterocycles. The molecule has 21 heavy (non-hydrogen) atoms. The van der Waals surface area contributed by atoms with Crippen molar-refractivity contribution in [2.45, 2.75) is 57.8 Å². The van der Waals surface area contributed by atoms with E-state index in [2.05, 4.69) is 44.5 Å². The van der Waals surface area contributed by atoms with Crippen molar-refractivity contribution >= 4 is 59.3 Å². The summed E-state index contributed by atoms with van der Waals surface area (Å²) in [7, 11) is 0. The Bertz CT molecular complexity index is 134. The van der Waals surface area contributed by atoms with E-state index in [0.717, 1.165) is 0 Å². The Hall–Kier alpha value is 2.28. The molecule has 0 unspecified atom stereocenters. The number of rotatable bonds is 4. The molecule has 0 bridgehead atoms. The maximum atomic E-state index is 8.66. The second-order valence-corrected chi connectivity index (χ2v) is 32.5. The summed E-state index contributed by atoms with van der Waals surface area (Å²) in [6.07, 6.45) is 0.594. The van der Waals surface area contributed by atoms with Crippen LogP contribution in [-0.2, 0) is 0 Å². The van der Waals surface area contributed by atoms with Crippen LogP contribution in [0.1, 0.15) is 13.3 Å². The van der Waals surface area contributed by atoms with E-state index >= 15 is 0 Å². The van der Waals surface area contributed by atoms with Crippen LogP contribution in [0.2, 0.25) is 44.5 Å². The third-order valence-electron chi connectivity index (χ3n) is 1.76. The van der Waals surface area contributed by atoms with Crippen LogP contribution in [0.15, 0.2) is 0 Å². The molecule has 0 rings (SSSR count). The molecular weight excluding hydrogens is 584 g/mol. The SMILES string of the molecule is CCC(CO)(CO)CO.[CH3][Sn]([CH3])[CH3].[CH3][Sn]([CH3])[CH3].[CH3][Sn]([CH3])[CH3]. The molecule has 0 aromatic rings. The zero-order valence-electron chi connectivity index (χ0n) is 16.2. The molecule has 0 spiro atoms. The normalized spacial score (nSPS) is 10.3. The van der Waals surface area contributed by atoms with Gasteiger partial charge in [-0.05, 0) is 6.42 Å². The number of hydrogen-bond donors (Lipinski definition) is 3. The molecule has 6 heteroatoms. The standard InChI is InChI=1S/C6H14O3.9CH3.3Sn/c1-2-6(3-7,4-8)5-9;;;;;;;;;;;;/h7-9H,2-5H2,1H3;9*1H3;;;. The maximum absolute atomic E-state index is 8.66. The van der Waals surface area contributed by atoms with E-state index in [1.807, 2.05) is 6.92 Å². The number of aliphatic hydroxyl groups is 3. The van der Waals surface area contributed by atoms with Crippen LogP contribution in [0.5, 0.6) is 0 Å². The quantitative estimate of drug-likeness (QED) is 0.420. The summed E-state index contributed by atoms with van der Waals surface area (Å²) >= 11 is -1.63. The van der Waals surface area contributed by atoms with Crippen molar-refractivity contribution in [3.63, 3.8) is 0 Å². The molecule has 0 saturated carbocycles. The summed E-state index contributed by atoms with van der Waals surface area (Å²) in [6, 6.07) is 0. The zero-order valence-corrected chi connectivity index (χ0v) is 24.7. The van der Waals surface area contributed by atoms with Gasteiger partial charge in [-0.1, -0.05) is 6.92 Å². The van der Waals surface area contributed by atoms with Crippen LogP contribution in [0.25, 0.3) is 0 Å². The monoisotopic (exact) mass is 629 g/mol. The first-order valence-corrected chi connectivity index (χ1v) is 33.3. The average Bonchev–Trinajstić information content (AvgIpc) is 2.30. The van der Waals surface area contributed by atoms with Crippen LogP contribution < -0.4 is 0 Å². The van der Waals surface area contributed by atoms with Gasteiger partial charge in [0.15, 0.2) is 0 Å². The van der Waals surface area contributed by atoms with Gasteiger partial charge in [-0.15, -0.1) is 0 Å². The van der Waals surface area contributed by atoms with Gasteiger partial charge in [0.25, 0.3) is 0 Å². The first-order chi connectivity index (χ1) is 9.44. The second-order valence-electron chi connectivity index (χ2n) is 6.83. The third kappa shape index (κ3) is 44.9. The van der Waals surface area contributed by atoms with Crippen LogP contribution in [0, 0.1) is 5.41 Å². The van der Waals surface area contributed by atoms with Gasteiger partial charge in [0.1, 0.15) is 0 Å². The van der Waals surface area contributed by atoms with Gasteiger partial charge in [0, 0.05) is 5.41 Å². The van der Waals surface area contributed by atoms with Gasteiger partial charge in [-0.3, -0.25) is 0 Å². The Morgan fingerprint density at radius 1 is 0.571 bits per heavy atom. The fourth-order valence-electron chi connectivity index (χ4n) is 0.485. The van der Waals surface area contributed by atoms with Gasteiger partial charge in [-0.2, -0.15) is 0 Å². The van der Waals surface area contributed by atoms with E-state index in [9.17, 15) is 0 Å². The fourth-order valence-corrected chi connectivity index (χ4v) is 0.485. The Balaban J connectivity index is -0.000000102. The van der Waals surface area contributed by atoms with Crippen LogP contribution in [0.4, 0.5) is 0 Å². The minimum absolute atomic E-state index is 0.156. The Morgan fingerprint density at radius 2 is 0.714 bits per heavy atom. The molecule has 131 valence electrons. The van der Waals surface area contributed by atoms with Gasteiger partial charge in [0.2, 0.25) is 0 Å². The van der Waals surface area contributed by atoms with Crippen molar-refractivity contribution in [3.05, 3.63) is 0 Å². The molecule has 0 fully saturated rings. The molecule has 3 radical (unpaired) electrons. The molecule has 0 aliphatic rings. The first-order valence-electron chi connectivity index (χ1n) is 7.57. The first kappa shape index (κ1) is 31.1. The third-order valence-corrected chi connectivity index (χ3v) is 1.76. The van der Waals surface area contributed by atoms with Crippen LogP contribution in [0.3, 0.4) is 0 Å². The average molecular weight is 626 g/mol. The minimum atomic E-state index is -0.667. The van der Waals surface area contributed by atoms with Crippen LogP contribution in [-0.4, -0.2) is 94.4 Å². The molecule has 0 amide bonds. The number of hydrogen-bond acceptors (Lipinski definition) is 3. The second kappa shape index (κ2) is 22.3. The Labute approximate surface area is 156 Å². The van der Waals surface area contributed by atoms with Crippen molar-refractivity contribution in [3.8, 4) is 0 Å². The number of aliphatic hydroxyl groups excluding tert-OH is 3. The molecule has 0 aromatic carbocycles. The Morgan fingerprint density at radius 3 is 0.714 bits per heavy atom. The van der Waals surface area contributed by atoms with Crippen molar-refractivity contribution in [1.29, 1.82) is 0 Å². The van der Waals surface area contributed by atoms with Gasteiger partial charge in [-0.25, -0.2) is 0 Å². The summed E-state index contributed by atoms with van der Waals surface area (Å²) in [4.78, 5) is 21.3. The summed E-state index contributed by atoms with van der Waals surface area (Å²) < 4.78 is 0. The van der Waals surface area contributed by atoms with E-state index in [0.29, 0.717) is 6.42 Å². The summed E-state index contributed by atoms with van der Waals surface area (Å²) in [5, 5.41) is 26.0. The zero-order chi connectivity index (χ0) is 18.1. The van der Waals surface area contributed by atoms with E-state index in [-0.39, 0.29) is 19.8 Å². The van der Waals surface area contributed by atoms with E-state index in [4.69, 9.17) is 15.3 Å². The predicted octanol–water partition coefficient (Wildman–Crippen LogP) is 3.47. The topological polar surface area (TPSA) is 60.7 Å². The Kier molecular flexibility index (Phi) is 33.0. The van der Waals surface area contributed by atoms with Gasteiger partial charge < -0.3 is 15.3 Å². The molecule has 0 aromatic heterocycles. The fraction of sp³-hybridized carbons (Fsp3) is 1.00. The summed E-state index contributed by atoms with van der Waals surface area (Å²) in [5.74, 6) is 0. The van der Waals surface area contributed by atoms with Gasteiger partial charge >= 0.3 is 104 Å². The van der Waals surface area contributed by atoms with E-state index < -0.39 is 64.7 Å². The van der Waals surface area contributed by atoms with Crippen molar-refractivity contribution < 1.29 is 15.3 Å². The van der Waals surface area contributed by atoms with Crippen molar-refractivity contribution in [1.82, 2.24) is 0 Å². The summed E-state index contributed by atoms with van der Waals surface area (Å²) in [6.45, 7) is 1.35. The summed E-state index contributed by atoms with van der Waals surface area (Å²) in [5.41, 5.74) is -0.667. The molecule has 3 nitrogen and oxygen atoms in total. The molecule has 0 heterocycles. The molecule has 0 aliphatic heterocycles. The van der Waals surface area contributed by atoms with Gasteiger partial charge in [0.05, 0.1) is 19.8 Å². The van der Waals surface area contributed by atoms with Crippen molar-refractivity contribution in [2.75, 3.05) is 19.8 Å². The van der Waals surface area contributed by atoms with Crippen molar-refractivity contribution in [2.24, 2.45) is 5.41 Å². The van der Waals surface area contributed by atoms with E-state index in [1.54, 1.807) is 0 Å². The molecule has 3 N–H and O–H groups in total. The molecule has 0 atom stereocenters.